The number of carboxylic acid groups (broad SMARTS) is 1. The van der Waals surface area contributed by atoms with E-state index in [1.165, 1.54) is 4.90 Å². The predicted molar refractivity (Wildman–Crippen MR) is 91.7 cm³/mol. The molecule has 0 aromatic carbocycles. The highest BCUT2D eigenvalue weighted by atomic mass is 16.5. The average molecular weight is 354 g/mol. The summed E-state index contributed by atoms with van der Waals surface area (Å²) >= 11 is 0. The largest absolute Gasteiger partial charge is 0.479 e. The molecular formula is C18H30N2O5. The summed E-state index contributed by atoms with van der Waals surface area (Å²) in [5.74, 6) is -3.13. The van der Waals surface area contributed by atoms with Crippen LogP contribution in [0, 0.1) is 11.8 Å². The normalized spacial score (nSPS) is 29.1. The van der Waals surface area contributed by atoms with E-state index in [0.29, 0.717) is 19.3 Å². The summed E-state index contributed by atoms with van der Waals surface area (Å²) in [7, 11) is 0. The van der Waals surface area contributed by atoms with E-state index in [9.17, 15) is 19.5 Å². The van der Waals surface area contributed by atoms with Crippen LogP contribution in [0.25, 0.3) is 0 Å². The standard InChI is InChI=1S/C18H30N2O5/c1-3-25-16(22)14-10-11-20(15(21)12(2)19)18(14,17(23)24)13-8-6-4-5-7-9-13/h12-14H,3-11,19H2,1-2H3,(H,23,24)/t12-,14?,18-/m0/s1. The lowest BCUT2D eigenvalue weighted by atomic mass is 9.70. The second kappa shape index (κ2) is 8.17. The zero-order chi connectivity index (χ0) is 18.6. The molecule has 0 radical (unpaired) electrons. The minimum atomic E-state index is -1.54. The highest BCUT2D eigenvalue weighted by Gasteiger charge is 2.63. The Labute approximate surface area is 148 Å². The number of nitrogens with two attached hydrogens (primary N) is 1. The number of esters is 1. The van der Waals surface area contributed by atoms with Crippen molar-refractivity contribution in [3.05, 3.63) is 0 Å². The SMILES string of the molecule is CCOC(=O)C1CCN(C(=O)[C@H](C)N)[C@@]1(C(=O)O)C1CCCCCC1. The number of amides is 1. The lowest BCUT2D eigenvalue weighted by Crippen LogP contribution is -2.64. The molecule has 1 amide bonds. The van der Waals surface area contributed by atoms with Gasteiger partial charge in [0.25, 0.3) is 0 Å². The zero-order valence-corrected chi connectivity index (χ0v) is 15.2. The Hall–Kier alpha value is -1.63. The summed E-state index contributed by atoms with van der Waals surface area (Å²) < 4.78 is 5.17. The van der Waals surface area contributed by atoms with Crippen molar-refractivity contribution < 1.29 is 24.2 Å². The first-order valence-electron chi connectivity index (χ1n) is 9.34. The van der Waals surface area contributed by atoms with Crippen molar-refractivity contribution in [1.29, 1.82) is 0 Å². The molecule has 0 aromatic rings. The van der Waals surface area contributed by atoms with Gasteiger partial charge in [-0.3, -0.25) is 9.59 Å². The molecule has 7 nitrogen and oxygen atoms in total. The van der Waals surface area contributed by atoms with Crippen molar-refractivity contribution in [1.82, 2.24) is 4.90 Å². The van der Waals surface area contributed by atoms with Crippen LogP contribution in [0.5, 0.6) is 0 Å². The lowest BCUT2D eigenvalue weighted by molar-refractivity contribution is -0.172. The number of hydrogen-bond acceptors (Lipinski definition) is 5. The second-order valence-corrected chi connectivity index (χ2v) is 7.19. The van der Waals surface area contributed by atoms with Gasteiger partial charge < -0.3 is 20.5 Å². The molecule has 2 aliphatic rings. The van der Waals surface area contributed by atoms with Crippen LogP contribution in [0.3, 0.4) is 0 Å². The summed E-state index contributed by atoms with van der Waals surface area (Å²) in [5.41, 5.74) is 4.24. The van der Waals surface area contributed by atoms with Crippen LogP contribution in [0.1, 0.15) is 58.8 Å². The van der Waals surface area contributed by atoms with E-state index in [1.54, 1.807) is 13.8 Å². The molecule has 1 saturated heterocycles. The average Bonchev–Trinajstić information content (AvgIpc) is 2.76. The first-order chi connectivity index (χ1) is 11.9. The van der Waals surface area contributed by atoms with Gasteiger partial charge in [0.05, 0.1) is 18.6 Å². The van der Waals surface area contributed by atoms with Gasteiger partial charge in [-0.15, -0.1) is 0 Å². The van der Waals surface area contributed by atoms with Crippen molar-refractivity contribution >= 4 is 17.8 Å². The van der Waals surface area contributed by atoms with Gasteiger partial charge >= 0.3 is 11.9 Å². The summed E-state index contributed by atoms with van der Waals surface area (Å²) in [5, 5.41) is 10.3. The Morgan fingerprint density at radius 2 is 1.80 bits per heavy atom. The number of carbonyl (C=O) groups excluding carboxylic acids is 2. The van der Waals surface area contributed by atoms with E-state index >= 15 is 0 Å². The minimum absolute atomic E-state index is 0.191. The van der Waals surface area contributed by atoms with Crippen LogP contribution >= 0.6 is 0 Å². The predicted octanol–water partition coefficient (Wildman–Crippen LogP) is 1.54. The Morgan fingerprint density at radius 1 is 1.20 bits per heavy atom. The number of aliphatic carboxylic acids is 1. The van der Waals surface area contributed by atoms with Crippen molar-refractivity contribution in [3.8, 4) is 0 Å². The summed E-state index contributed by atoms with van der Waals surface area (Å²) in [6.45, 7) is 3.68. The van der Waals surface area contributed by atoms with Gasteiger partial charge in [0.15, 0.2) is 5.54 Å². The third-order valence-electron chi connectivity index (χ3n) is 5.67. The van der Waals surface area contributed by atoms with Crippen molar-refractivity contribution in [3.63, 3.8) is 0 Å². The Morgan fingerprint density at radius 3 is 2.28 bits per heavy atom. The maximum absolute atomic E-state index is 12.7. The maximum Gasteiger partial charge on any atom is 0.330 e. The van der Waals surface area contributed by atoms with Gasteiger partial charge in [-0.1, -0.05) is 25.7 Å². The fraction of sp³-hybridized carbons (Fsp3) is 0.833. The third kappa shape index (κ3) is 3.52. The van der Waals surface area contributed by atoms with Gasteiger partial charge in [0.1, 0.15) is 0 Å². The zero-order valence-electron chi connectivity index (χ0n) is 15.2. The topological polar surface area (TPSA) is 110 Å². The molecular weight excluding hydrogens is 324 g/mol. The quantitative estimate of drug-likeness (QED) is 0.572. The van der Waals surface area contributed by atoms with E-state index < -0.39 is 35.3 Å². The molecule has 1 saturated carbocycles. The molecule has 0 aromatic heterocycles. The molecule has 1 aliphatic carbocycles. The molecule has 3 atom stereocenters. The number of rotatable bonds is 5. The molecule has 2 fully saturated rings. The molecule has 1 aliphatic heterocycles. The van der Waals surface area contributed by atoms with Gasteiger partial charge in [-0.05, 0) is 39.0 Å². The highest BCUT2D eigenvalue weighted by Crippen LogP contribution is 2.47. The van der Waals surface area contributed by atoms with E-state index in [4.69, 9.17) is 10.5 Å². The summed E-state index contributed by atoms with van der Waals surface area (Å²) in [6, 6.07) is -0.801. The molecule has 1 unspecified atom stereocenters. The number of nitrogens with zero attached hydrogens (tertiary/aromatic N) is 1. The number of likely N-dealkylation sites (tertiary alicyclic amines) is 1. The molecule has 0 spiro atoms. The smallest absolute Gasteiger partial charge is 0.330 e. The first kappa shape index (κ1) is 19.7. The van der Waals surface area contributed by atoms with Crippen molar-refractivity contribution in [2.24, 2.45) is 17.6 Å². The third-order valence-corrected chi connectivity index (χ3v) is 5.67. The molecule has 3 N–H and O–H groups in total. The fourth-order valence-electron chi connectivity index (χ4n) is 4.59. The second-order valence-electron chi connectivity index (χ2n) is 7.19. The molecule has 25 heavy (non-hydrogen) atoms. The van der Waals surface area contributed by atoms with Crippen LogP contribution in [0.2, 0.25) is 0 Å². The van der Waals surface area contributed by atoms with Crippen LogP contribution in [0.4, 0.5) is 0 Å². The van der Waals surface area contributed by atoms with Crippen LogP contribution in [0.15, 0.2) is 0 Å². The molecule has 142 valence electrons. The van der Waals surface area contributed by atoms with Gasteiger partial charge in [-0.25, -0.2) is 4.79 Å². The van der Waals surface area contributed by atoms with Gasteiger partial charge in [0, 0.05) is 6.54 Å². The number of carbonyl (C=O) groups is 3. The minimum Gasteiger partial charge on any atom is -0.479 e. The van der Waals surface area contributed by atoms with Crippen LogP contribution in [-0.4, -0.2) is 52.6 Å². The van der Waals surface area contributed by atoms with E-state index in [0.717, 1.165) is 25.7 Å². The Bertz CT molecular complexity index is 514. The molecule has 7 heteroatoms. The van der Waals surface area contributed by atoms with E-state index in [2.05, 4.69) is 0 Å². The maximum atomic E-state index is 12.7. The molecule has 0 bridgehead atoms. The van der Waals surface area contributed by atoms with E-state index in [1.807, 2.05) is 0 Å². The number of carboxylic acids is 1. The molecule has 1 heterocycles. The van der Waals surface area contributed by atoms with Crippen molar-refractivity contribution in [2.45, 2.75) is 70.4 Å². The monoisotopic (exact) mass is 354 g/mol. The highest BCUT2D eigenvalue weighted by molar-refractivity contribution is 5.95. The first-order valence-corrected chi connectivity index (χ1v) is 9.34. The van der Waals surface area contributed by atoms with E-state index in [-0.39, 0.29) is 19.1 Å². The summed E-state index contributed by atoms with van der Waals surface area (Å²) in [4.78, 5) is 39.2. The lowest BCUT2D eigenvalue weighted by Gasteiger charge is -2.44. The van der Waals surface area contributed by atoms with Gasteiger partial charge in [0.2, 0.25) is 5.91 Å². The van der Waals surface area contributed by atoms with Crippen LogP contribution in [-0.2, 0) is 19.1 Å². The number of ether oxygens (including phenoxy) is 1. The fourth-order valence-corrected chi connectivity index (χ4v) is 4.59. The Kier molecular flexibility index (Phi) is 6.43. The van der Waals surface area contributed by atoms with Gasteiger partial charge in [-0.2, -0.15) is 0 Å². The number of hydrogen-bond donors (Lipinski definition) is 2. The van der Waals surface area contributed by atoms with Crippen LogP contribution < -0.4 is 5.73 Å². The Balaban J connectivity index is 2.51. The molecule has 2 rings (SSSR count). The van der Waals surface area contributed by atoms with Crippen molar-refractivity contribution in [2.75, 3.05) is 13.2 Å². The summed E-state index contributed by atoms with van der Waals surface area (Å²) in [6.07, 6.45) is 5.63.